The summed E-state index contributed by atoms with van der Waals surface area (Å²) in [5, 5.41) is 8.37. The molecule has 1 aromatic rings. The number of aromatic nitrogens is 2. The van der Waals surface area contributed by atoms with Gasteiger partial charge in [-0.15, -0.1) is 0 Å². The fraction of sp³-hybridized carbons (Fsp3) is 0.400. The molecule has 0 spiro atoms. The van der Waals surface area contributed by atoms with E-state index in [-0.39, 0.29) is 18.3 Å². The molecule has 0 aliphatic carbocycles. The van der Waals surface area contributed by atoms with Gasteiger partial charge in [0.2, 0.25) is 0 Å². The van der Waals surface area contributed by atoms with Gasteiger partial charge in [0.1, 0.15) is 0 Å². The van der Waals surface area contributed by atoms with Crippen LogP contribution in [0.15, 0.2) is 29.3 Å². The van der Waals surface area contributed by atoms with Gasteiger partial charge in [0.25, 0.3) is 0 Å². The van der Waals surface area contributed by atoms with Gasteiger partial charge in [-0.3, -0.25) is 9.13 Å². The Balaban J connectivity index is 2.80. The molecule has 0 saturated carbocycles. The zero-order valence-corrected chi connectivity index (χ0v) is 8.75. The first-order valence-electron chi connectivity index (χ1n) is 4.69. The number of allylic oxidation sites excluding steroid dienone is 1. The summed E-state index contributed by atoms with van der Waals surface area (Å²) in [4.78, 5) is 21.8. The molecule has 0 aliphatic heterocycles. The lowest BCUT2D eigenvalue weighted by molar-refractivity contribution is -0.131. The van der Waals surface area contributed by atoms with Crippen LogP contribution in [0.3, 0.4) is 0 Å². The maximum atomic E-state index is 11.6. The summed E-state index contributed by atoms with van der Waals surface area (Å²) in [6.45, 7) is 4.11. The minimum absolute atomic E-state index is 0.113. The third-order valence-electron chi connectivity index (χ3n) is 1.99. The second kappa shape index (κ2) is 4.63. The van der Waals surface area contributed by atoms with E-state index in [9.17, 15) is 9.59 Å². The summed E-state index contributed by atoms with van der Waals surface area (Å²) < 4.78 is 3.05. The Hall–Kier alpha value is -1.78. The van der Waals surface area contributed by atoms with Crippen LogP contribution in [0.5, 0.6) is 0 Å². The zero-order valence-electron chi connectivity index (χ0n) is 8.75. The van der Waals surface area contributed by atoms with Crippen LogP contribution in [0.1, 0.15) is 19.9 Å². The van der Waals surface area contributed by atoms with E-state index in [1.165, 1.54) is 10.6 Å². The van der Waals surface area contributed by atoms with Gasteiger partial charge >= 0.3 is 11.7 Å². The van der Waals surface area contributed by atoms with Crippen LogP contribution in [-0.4, -0.2) is 20.2 Å². The number of rotatable bonds is 4. The minimum atomic E-state index is -1.01. The van der Waals surface area contributed by atoms with Gasteiger partial charge in [0.05, 0.1) is 0 Å². The quantitative estimate of drug-likeness (QED) is 0.750. The molecule has 0 bridgehead atoms. The van der Waals surface area contributed by atoms with Crippen LogP contribution in [0, 0.1) is 0 Å². The lowest BCUT2D eigenvalue weighted by Crippen LogP contribution is -2.24. The molecule has 1 heterocycles. The van der Waals surface area contributed by atoms with Crippen LogP contribution < -0.4 is 5.69 Å². The maximum absolute atomic E-state index is 11.6. The van der Waals surface area contributed by atoms with Gasteiger partial charge in [0.15, 0.2) is 0 Å². The van der Waals surface area contributed by atoms with E-state index in [0.717, 1.165) is 6.08 Å². The first-order valence-corrected chi connectivity index (χ1v) is 4.69. The van der Waals surface area contributed by atoms with Crippen LogP contribution in [0.4, 0.5) is 0 Å². The van der Waals surface area contributed by atoms with Crippen molar-refractivity contribution in [2.24, 2.45) is 0 Å². The summed E-state index contributed by atoms with van der Waals surface area (Å²) in [6, 6.07) is 0.113. The van der Waals surface area contributed by atoms with E-state index < -0.39 is 5.97 Å². The number of nitrogens with zero attached hydrogens (tertiary/aromatic N) is 2. The smallest absolute Gasteiger partial charge is 0.328 e. The van der Waals surface area contributed by atoms with Crippen molar-refractivity contribution in [2.45, 2.75) is 26.4 Å². The number of hydrogen-bond acceptors (Lipinski definition) is 2. The Morgan fingerprint density at radius 3 is 2.67 bits per heavy atom. The predicted molar refractivity (Wildman–Crippen MR) is 55.9 cm³/mol. The molecule has 1 N–H and O–H groups in total. The summed E-state index contributed by atoms with van der Waals surface area (Å²) in [7, 11) is 0. The van der Waals surface area contributed by atoms with E-state index in [1.54, 1.807) is 17.0 Å². The topological polar surface area (TPSA) is 64.2 Å². The van der Waals surface area contributed by atoms with Crippen LogP contribution >= 0.6 is 0 Å². The average Bonchev–Trinajstić information content (AvgIpc) is 2.47. The molecule has 1 rings (SSSR count). The third-order valence-corrected chi connectivity index (χ3v) is 1.99. The number of carboxylic acid groups (broad SMARTS) is 1. The molecular weight excluding hydrogens is 196 g/mol. The Labute approximate surface area is 87.3 Å². The Kier molecular flexibility index (Phi) is 3.49. The predicted octanol–water partition coefficient (Wildman–Crippen LogP) is 0.871. The van der Waals surface area contributed by atoms with E-state index in [0.29, 0.717) is 0 Å². The lowest BCUT2D eigenvalue weighted by Gasteiger charge is -2.03. The molecule has 82 valence electrons. The van der Waals surface area contributed by atoms with Crippen molar-refractivity contribution in [2.75, 3.05) is 0 Å². The molecule has 0 aromatic carbocycles. The molecule has 0 amide bonds. The Morgan fingerprint density at radius 2 is 2.20 bits per heavy atom. The second-order valence-corrected chi connectivity index (χ2v) is 3.47. The summed E-state index contributed by atoms with van der Waals surface area (Å²) in [6.07, 6.45) is 5.81. The van der Waals surface area contributed by atoms with Gasteiger partial charge in [-0.05, 0) is 13.8 Å². The highest BCUT2D eigenvalue weighted by Crippen LogP contribution is 1.98. The van der Waals surface area contributed by atoms with Crippen LogP contribution in [-0.2, 0) is 11.3 Å². The number of imidazole rings is 1. The average molecular weight is 210 g/mol. The first-order chi connectivity index (χ1) is 7.02. The molecule has 5 nitrogen and oxygen atoms in total. The number of hydrogen-bond donors (Lipinski definition) is 1. The monoisotopic (exact) mass is 210 g/mol. The molecule has 0 fully saturated rings. The molecule has 0 aliphatic rings. The van der Waals surface area contributed by atoms with Crippen LogP contribution in [0.25, 0.3) is 0 Å². The van der Waals surface area contributed by atoms with Crippen molar-refractivity contribution >= 4 is 5.97 Å². The standard InChI is InChI=1S/C10H14N2O3/c1-8(2)12-7-6-11(10(12)15)5-3-4-9(13)14/h3-4,6-8H,5H2,1-2H3,(H,13,14)/b4-3+. The third kappa shape index (κ3) is 2.83. The highest BCUT2D eigenvalue weighted by Gasteiger charge is 2.04. The number of carboxylic acids is 1. The van der Waals surface area contributed by atoms with Crippen molar-refractivity contribution in [3.05, 3.63) is 35.0 Å². The Morgan fingerprint density at radius 1 is 1.53 bits per heavy atom. The number of aliphatic carboxylic acids is 1. The molecule has 1 aromatic heterocycles. The van der Waals surface area contributed by atoms with Gasteiger partial charge < -0.3 is 5.11 Å². The van der Waals surface area contributed by atoms with Gasteiger partial charge in [-0.1, -0.05) is 6.08 Å². The fourth-order valence-corrected chi connectivity index (χ4v) is 1.23. The SMILES string of the molecule is CC(C)n1ccn(C/C=C/C(=O)O)c1=O. The summed E-state index contributed by atoms with van der Waals surface area (Å²) >= 11 is 0. The van der Waals surface area contributed by atoms with Crippen molar-refractivity contribution in [1.29, 1.82) is 0 Å². The second-order valence-electron chi connectivity index (χ2n) is 3.47. The molecular formula is C10H14N2O3. The Bertz CT molecular complexity index is 426. The molecule has 15 heavy (non-hydrogen) atoms. The van der Waals surface area contributed by atoms with Gasteiger partial charge in [0, 0.05) is 31.1 Å². The van der Waals surface area contributed by atoms with Crippen molar-refractivity contribution < 1.29 is 9.90 Å². The van der Waals surface area contributed by atoms with E-state index in [2.05, 4.69) is 0 Å². The van der Waals surface area contributed by atoms with Crippen molar-refractivity contribution in [1.82, 2.24) is 9.13 Å². The first kappa shape index (κ1) is 11.3. The maximum Gasteiger partial charge on any atom is 0.328 e. The summed E-state index contributed by atoms with van der Waals surface area (Å²) in [5.74, 6) is -1.01. The highest BCUT2D eigenvalue weighted by atomic mass is 16.4. The molecule has 0 radical (unpaired) electrons. The molecule has 0 atom stereocenters. The lowest BCUT2D eigenvalue weighted by atomic mass is 10.4. The zero-order chi connectivity index (χ0) is 11.4. The van der Waals surface area contributed by atoms with E-state index >= 15 is 0 Å². The summed E-state index contributed by atoms with van der Waals surface area (Å²) in [5.41, 5.74) is -0.125. The van der Waals surface area contributed by atoms with E-state index in [1.807, 2.05) is 13.8 Å². The van der Waals surface area contributed by atoms with Crippen LogP contribution in [0.2, 0.25) is 0 Å². The van der Waals surface area contributed by atoms with E-state index in [4.69, 9.17) is 5.11 Å². The molecule has 5 heteroatoms. The fourth-order valence-electron chi connectivity index (χ4n) is 1.23. The number of carbonyl (C=O) groups is 1. The van der Waals surface area contributed by atoms with Crippen molar-refractivity contribution in [3.63, 3.8) is 0 Å². The van der Waals surface area contributed by atoms with Crippen molar-refractivity contribution in [3.8, 4) is 0 Å². The highest BCUT2D eigenvalue weighted by molar-refractivity contribution is 5.79. The van der Waals surface area contributed by atoms with Gasteiger partial charge in [-0.25, -0.2) is 9.59 Å². The molecule has 0 saturated heterocycles. The van der Waals surface area contributed by atoms with Gasteiger partial charge in [-0.2, -0.15) is 0 Å². The minimum Gasteiger partial charge on any atom is -0.478 e. The largest absolute Gasteiger partial charge is 0.478 e. The molecule has 0 unspecified atom stereocenters. The normalized spacial score (nSPS) is 11.4.